The number of methoxy groups -OCH3 is 1. The maximum Gasteiger partial charge on any atom is 0.249 e. The Kier molecular flexibility index (Phi) is 6.70. The Morgan fingerprint density at radius 3 is 2.20 bits per heavy atom. The normalized spacial score (nSPS) is 9.87. The van der Waals surface area contributed by atoms with Gasteiger partial charge in [0.1, 0.15) is 6.61 Å². The van der Waals surface area contributed by atoms with Gasteiger partial charge in [0.25, 0.3) is 0 Å². The molecular formula is C10H20N2O3. The van der Waals surface area contributed by atoms with Crippen LogP contribution in [0.3, 0.4) is 0 Å². The second kappa shape index (κ2) is 7.23. The van der Waals surface area contributed by atoms with E-state index in [0.29, 0.717) is 6.54 Å². The van der Waals surface area contributed by atoms with E-state index in [0.717, 1.165) is 6.42 Å². The fourth-order valence-electron chi connectivity index (χ4n) is 1.08. The highest BCUT2D eigenvalue weighted by Gasteiger charge is 2.16. The Balaban J connectivity index is 4.26. The van der Waals surface area contributed by atoms with Crippen molar-refractivity contribution in [1.82, 2.24) is 9.80 Å². The molecule has 0 aromatic heterocycles. The van der Waals surface area contributed by atoms with E-state index in [4.69, 9.17) is 4.74 Å². The number of amides is 2. The van der Waals surface area contributed by atoms with Crippen molar-refractivity contribution in [3.05, 3.63) is 0 Å². The van der Waals surface area contributed by atoms with E-state index in [1.54, 1.807) is 14.1 Å². The van der Waals surface area contributed by atoms with E-state index in [9.17, 15) is 9.59 Å². The summed E-state index contributed by atoms with van der Waals surface area (Å²) in [5.74, 6) is -0.220. The SMILES string of the molecule is CCCN(CC(=O)N(C)C)C(=O)COC. The smallest absolute Gasteiger partial charge is 0.249 e. The van der Waals surface area contributed by atoms with Crippen molar-refractivity contribution in [1.29, 1.82) is 0 Å². The van der Waals surface area contributed by atoms with E-state index in [1.165, 1.54) is 16.9 Å². The molecule has 0 saturated carbocycles. The van der Waals surface area contributed by atoms with Gasteiger partial charge < -0.3 is 14.5 Å². The van der Waals surface area contributed by atoms with Gasteiger partial charge in [-0.3, -0.25) is 9.59 Å². The Bertz CT molecular complexity index is 217. The average molecular weight is 216 g/mol. The van der Waals surface area contributed by atoms with Crippen LogP contribution in [0.1, 0.15) is 13.3 Å². The molecule has 0 N–H and O–H groups in total. The minimum absolute atomic E-state index is 0.0285. The largest absolute Gasteiger partial charge is 0.375 e. The molecule has 0 spiro atoms. The number of rotatable bonds is 6. The Morgan fingerprint density at radius 1 is 1.20 bits per heavy atom. The summed E-state index contributed by atoms with van der Waals surface area (Å²) in [5.41, 5.74) is 0. The van der Waals surface area contributed by atoms with E-state index < -0.39 is 0 Å². The Hall–Kier alpha value is -1.10. The van der Waals surface area contributed by atoms with Crippen molar-refractivity contribution in [3.63, 3.8) is 0 Å². The molecule has 0 aliphatic rings. The summed E-state index contributed by atoms with van der Waals surface area (Å²) in [6.07, 6.45) is 0.830. The lowest BCUT2D eigenvalue weighted by Crippen LogP contribution is -2.42. The third-order valence-corrected chi connectivity index (χ3v) is 1.94. The predicted molar refractivity (Wildman–Crippen MR) is 57.4 cm³/mol. The molecule has 0 unspecified atom stereocenters. The van der Waals surface area contributed by atoms with Gasteiger partial charge in [-0.05, 0) is 6.42 Å². The Morgan fingerprint density at radius 2 is 1.80 bits per heavy atom. The lowest BCUT2D eigenvalue weighted by atomic mass is 10.3. The molecule has 0 fully saturated rings. The van der Waals surface area contributed by atoms with Crippen LogP contribution in [0.4, 0.5) is 0 Å². The van der Waals surface area contributed by atoms with Gasteiger partial charge in [-0.1, -0.05) is 6.92 Å². The van der Waals surface area contributed by atoms with Crippen LogP contribution in [0.5, 0.6) is 0 Å². The van der Waals surface area contributed by atoms with Crippen LogP contribution in [-0.4, -0.2) is 62.5 Å². The maximum absolute atomic E-state index is 11.5. The highest BCUT2D eigenvalue weighted by Crippen LogP contribution is 1.95. The summed E-state index contributed by atoms with van der Waals surface area (Å²) in [5, 5.41) is 0. The molecule has 0 bridgehead atoms. The predicted octanol–water partition coefficient (Wildman–Crippen LogP) is -0.0404. The minimum Gasteiger partial charge on any atom is -0.375 e. The molecule has 0 aliphatic carbocycles. The number of hydrogen-bond acceptors (Lipinski definition) is 3. The molecule has 0 aliphatic heterocycles. The van der Waals surface area contributed by atoms with Gasteiger partial charge in [-0.25, -0.2) is 0 Å². The van der Waals surface area contributed by atoms with Gasteiger partial charge in [0, 0.05) is 27.7 Å². The molecule has 5 heteroatoms. The van der Waals surface area contributed by atoms with E-state index >= 15 is 0 Å². The molecule has 0 heterocycles. The molecule has 2 amide bonds. The van der Waals surface area contributed by atoms with Gasteiger partial charge >= 0.3 is 0 Å². The van der Waals surface area contributed by atoms with Gasteiger partial charge in [-0.2, -0.15) is 0 Å². The molecule has 15 heavy (non-hydrogen) atoms. The van der Waals surface area contributed by atoms with Crippen LogP contribution >= 0.6 is 0 Å². The fraction of sp³-hybridized carbons (Fsp3) is 0.800. The van der Waals surface area contributed by atoms with Crippen LogP contribution < -0.4 is 0 Å². The molecule has 0 saturated heterocycles. The lowest BCUT2D eigenvalue weighted by molar-refractivity contribution is -0.141. The summed E-state index contributed by atoms with van der Waals surface area (Å²) in [7, 11) is 4.82. The third-order valence-electron chi connectivity index (χ3n) is 1.94. The molecule has 88 valence electrons. The van der Waals surface area contributed by atoms with Gasteiger partial charge in [0.15, 0.2) is 0 Å². The van der Waals surface area contributed by atoms with Crippen molar-refractivity contribution in [2.75, 3.05) is 40.9 Å². The first-order valence-electron chi connectivity index (χ1n) is 4.99. The van der Waals surface area contributed by atoms with Crippen LogP contribution in [0.15, 0.2) is 0 Å². The quantitative estimate of drug-likeness (QED) is 0.626. The van der Waals surface area contributed by atoms with Crippen molar-refractivity contribution >= 4 is 11.8 Å². The number of ether oxygens (including phenoxy) is 1. The van der Waals surface area contributed by atoms with E-state index in [-0.39, 0.29) is 25.0 Å². The van der Waals surface area contributed by atoms with Crippen molar-refractivity contribution in [2.45, 2.75) is 13.3 Å². The second-order valence-electron chi connectivity index (χ2n) is 3.54. The number of hydrogen-bond donors (Lipinski definition) is 0. The summed E-state index contributed by atoms with van der Waals surface area (Å²) in [4.78, 5) is 25.9. The zero-order valence-corrected chi connectivity index (χ0v) is 9.95. The van der Waals surface area contributed by atoms with Crippen LogP contribution in [0, 0.1) is 0 Å². The third kappa shape index (κ3) is 5.37. The number of carbonyl (C=O) groups excluding carboxylic acids is 2. The molecule has 0 radical (unpaired) electrons. The molecular weight excluding hydrogens is 196 g/mol. The van der Waals surface area contributed by atoms with Crippen molar-refractivity contribution in [3.8, 4) is 0 Å². The van der Waals surface area contributed by atoms with Crippen LogP contribution in [0.2, 0.25) is 0 Å². The molecule has 0 aromatic rings. The maximum atomic E-state index is 11.5. The topological polar surface area (TPSA) is 49.9 Å². The fourth-order valence-corrected chi connectivity index (χ4v) is 1.08. The first-order chi connectivity index (χ1) is 7.02. The standard InChI is InChI=1S/C10H20N2O3/c1-5-6-12(10(14)8-15-4)7-9(13)11(2)3/h5-8H2,1-4H3. The summed E-state index contributed by atoms with van der Waals surface area (Å²) < 4.78 is 4.76. The average Bonchev–Trinajstić information content (AvgIpc) is 2.17. The second-order valence-corrected chi connectivity index (χ2v) is 3.54. The lowest BCUT2D eigenvalue weighted by Gasteiger charge is -2.22. The van der Waals surface area contributed by atoms with Crippen molar-refractivity contribution in [2.24, 2.45) is 0 Å². The molecule has 5 nitrogen and oxygen atoms in total. The van der Waals surface area contributed by atoms with Gasteiger partial charge in [0.05, 0.1) is 6.54 Å². The zero-order valence-electron chi connectivity index (χ0n) is 9.95. The zero-order chi connectivity index (χ0) is 11.8. The minimum atomic E-state index is -0.144. The van der Waals surface area contributed by atoms with Crippen molar-refractivity contribution < 1.29 is 14.3 Å². The highest BCUT2D eigenvalue weighted by atomic mass is 16.5. The first-order valence-corrected chi connectivity index (χ1v) is 4.99. The summed E-state index contributed by atoms with van der Waals surface area (Å²) in [6.45, 7) is 2.71. The first kappa shape index (κ1) is 13.9. The van der Waals surface area contributed by atoms with Crippen LogP contribution in [-0.2, 0) is 14.3 Å². The number of nitrogens with zero attached hydrogens (tertiary/aromatic N) is 2. The van der Waals surface area contributed by atoms with E-state index in [1.807, 2.05) is 6.92 Å². The Labute approximate surface area is 91.0 Å². The van der Waals surface area contributed by atoms with E-state index in [2.05, 4.69) is 0 Å². The molecule has 0 aromatic carbocycles. The number of carbonyl (C=O) groups is 2. The van der Waals surface area contributed by atoms with Crippen LogP contribution in [0.25, 0.3) is 0 Å². The monoisotopic (exact) mass is 216 g/mol. The highest BCUT2D eigenvalue weighted by molar-refractivity contribution is 5.85. The van der Waals surface area contributed by atoms with Gasteiger partial charge in [-0.15, -0.1) is 0 Å². The number of likely N-dealkylation sites (N-methyl/N-ethyl adjacent to an activating group) is 1. The van der Waals surface area contributed by atoms with Gasteiger partial charge in [0.2, 0.25) is 11.8 Å². The summed E-state index contributed by atoms with van der Waals surface area (Å²) in [6, 6.07) is 0. The molecule has 0 atom stereocenters. The molecule has 0 rings (SSSR count). The summed E-state index contributed by atoms with van der Waals surface area (Å²) >= 11 is 0.